The number of carbonyl (C=O) groups is 2. The monoisotopic (exact) mass is 283 g/mol. The summed E-state index contributed by atoms with van der Waals surface area (Å²) in [5, 5.41) is 0. The summed E-state index contributed by atoms with van der Waals surface area (Å²) in [5.41, 5.74) is -0.410. The van der Waals surface area contributed by atoms with Gasteiger partial charge < -0.3 is 14.4 Å². The minimum atomic E-state index is -0.410. The maximum Gasteiger partial charge on any atom is 0.410 e. The molecule has 0 aliphatic carbocycles. The highest BCUT2D eigenvalue weighted by atomic mass is 16.6. The first-order valence-electron chi connectivity index (χ1n) is 7.84. The van der Waals surface area contributed by atoms with E-state index < -0.39 is 5.60 Å². The first-order chi connectivity index (χ1) is 9.42. The van der Waals surface area contributed by atoms with E-state index in [2.05, 4.69) is 0 Å². The third-order valence-electron chi connectivity index (χ3n) is 3.70. The third-order valence-corrected chi connectivity index (χ3v) is 3.70. The molecule has 1 rings (SSSR count). The summed E-state index contributed by atoms with van der Waals surface area (Å²) in [5.74, 6) is 0.727. The molecule has 1 aliphatic rings. The van der Waals surface area contributed by atoms with Crippen LogP contribution in [0.5, 0.6) is 0 Å². The summed E-state index contributed by atoms with van der Waals surface area (Å²) >= 11 is 0. The molecule has 0 aromatic carbocycles. The Hall–Kier alpha value is -1.06. The van der Waals surface area contributed by atoms with Crippen molar-refractivity contribution in [3.8, 4) is 0 Å². The molecule has 20 heavy (non-hydrogen) atoms. The Morgan fingerprint density at radius 2 is 1.85 bits per heavy atom. The Morgan fingerprint density at radius 3 is 2.40 bits per heavy atom. The fourth-order valence-electron chi connectivity index (χ4n) is 2.57. The molecular formula is C16H29NO3. The molecule has 0 saturated carbocycles. The lowest BCUT2D eigenvalue weighted by Gasteiger charge is -2.33. The predicted molar refractivity (Wildman–Crippen MR) is 79.7 cm³/mol. The van der Waals surface area contributed by atoms with E-state index in [4.69, 9.17) is 4.74 Å². The van der Waals surface area contributed by atoms with Crippen LogP contribution in [-0.4, -0.2) is 36.0 Å². The number of rotatable bonds is 6. The van der Waals surface area contributed by atoms with Crippen LogP contribution in [0.25, 0.3) is 0 Å². The Balaban J connectivity index is 2.16. The number of carbonyl (C=O) groups excluding carboxylic acids is 2. The van der Waals surface area contributed by atoms with E-state index in [9.17, 15) is 9.59 Å². The summed E-state index contributed by atoms with van der Waals surface area (Å²) < 4.78 is 5.39. The van der Waals surface area contributed by atoms with Gasteiger partial charge in [-0.1, -0.05) is 19.3 Å². The van der Waals surface area contributed by atoms with Crippen molar-refractivity contribution >= 4 is 12.4 Å². The normalized spacial score (nSPS) is 17.1. The molecule has 0 atom stereocenters. The zero-order valence-corrected chi connectivity index (χ0v) is 13.2. The predicted octanol–water partition coefficient (Wildman–Crippen LogP) is 3.78. The molecule has 0 N–H and O–H groups in total. The second kappa shape index (κ2) is 8.28. The quantitative estimate of drug-likeness (QED) is 0.550. The number of aldehydes is 1. The summed E-state index contributed by atoms with van der Waals surface area (Å²) in [4.78, 5) is 24.0. The van der Waals surface area contributed by atoms with Crippen molar-refractivity contribution in [1.82, 2.24) is 4.90 Å². The molecule has 4 heteroatoms. The van der Waals surface area contributed by atoms with Crippen molar-refractivity contribution in [2.45, 2.75) is 71.3 Å². The smallest absolute Gasteiger partial charge is 0.410 e. The van der Waals surface area contributed by atoms with Gasteiger partial charge in [-0.15, -0.1) is 0 Å². The van der Waals surface area contributed by atoms with Gasteiger partial charge in [0.15, 0.2) is 0 Å². The standard InChI is InChI=1S/C16H29NO3/c1-16(2,3)20-15(19)17-11-9-14(10-12-17)8-6-4-5-7-13-18/h13-14H,4-12H2,1-3H3. The van der Waals surface area contributed by atoms with Gasteiger partial charge in [0.25, 0.3) is 0 Å². The minimum Gasteiger partial charge on any atom is -0.444 e. The zero-order chi connectivity index (χ0) is 15.0. The molecule has 1 amide bonds. The number of unbranched alkanes of at least 4 members (excludes halogenated alkanes) is 3. The molecule has 0 unspecified atom stereocenters. The van der Waals surface area contributed by atoms with Crippen LogP contribution in [0.3, 0.4) is 0 Å². The molecule has 1 fully saturated rings. The highest BCUT2D eigenvalue weighted by Crippen LogP contribution is 2.24. The van der Waals surface area contributed by atoms with Crippen LogP contribution in [-0.2, 0) is 9.53 Å². The number of likely N-dealkylation sites (tertiary alicyclic amines) is 1. The molecule has 0 spiro atoms. The minimum absolute atomic E-state index is 0.179. The van der Waals surface area contributed by atoms with Gasteiger partial charge in [-0.05, 0) is 46.0 Å². The van der Waals surface area contributed by atoms with E-state index >= 15 is 0 Å². The van der Waals surface area contributed by atoms with Gasteiger partial charge in [-0.2, -0.15) is 0 Å². The van der Waals surface area contributed by atoms with Gasteiger partial charge >= 0.3 is 6.09 Å². The Bertz CT molecular complexity index is 301. The van der Waals surface area contributed by atoms with Crippen molar-refractivity contribution in [1.29, 1.82) is 0 Å². The molecular weight excluding hydrogens is 254 g/mol. The summed E-state index contributed by atoms with van der Waals surface area (Å²) in [6.07, 6.45) is 8.25. The average molecular weight is 283 g/mol. The highest BCUT2D eigenvalue weighted by Gasteiger charge is 2.26. The van der Waals surface area contributed by atoms with Gasteiger partial charge in [0.1, 0.15) is 11.9 Å². The summed E-state index contributed by atoms with van der Waals surface area (Å²) in [6.45, 7) is 7.33. The van der Waals surface area contributed by atoms with Crippen LogP contribution in [0.2, 0.25) is 0 Å². The molecule has 1 aliphatic heterocycles. The zero-order valence-electron chi connectivity index (χ0n) is 13.2. The van der Waals surface area contributed by atoms with Crippen molar-refractivity contribution in [3.63, 3.8) is 0 Å². The molecule has 1 heterocycles. The maximum absolute atomic E-state index is 11.9. The number of nitrogens with zero attached hydrogens (tertiary/aromatic N) is 1. The third kappa shape index (κ3) is 6.92. The Labute approximate surface area is 122 Å². The molecule has 4 nitrogen and oxygen atoms in total. The molecule has 0 aromatic heterocycles. The lowest BCUT2D eigenvalue weighted by molar-refractivity contribution is -0.107. The topological polar surface area (TPSA) is 46.6 Å². The van der Waals surface area contributed by atoms with E-state index in [-0.39, 0.29) is 6.09 Å². The number of hydrogen-bond donors (Lipinski definition) is 0. The van der Waals surface area contributed by atoms with Crippen molar-refractivity contribution in [3.05, 3.63) is 0 Å². The van der Waals surface area contributed by atoms with E-state index in [0.29, 0.717) is 6.42 Å². The maximum atomic E-state index is 11.9. The first kappa shape index (κ1) is 17.0. The fourth-order valence-corrected chi connectivity index (χ4v) is 2.57. The Kier molecular flexibility index (Phi) is 7.03. The van der Waals surface area contributed by atoms with Gasteiger partial charge in [-0.3, -0.25) is 0 Å². The highest BCUT2D eigenvalue weighted by molar-refractivity contribution is 5.68. The van der Waals surface area contributed by atoms with E-state index in [0.717, 1.165) is 51.0 Å². The van der Waals surface area contributed by atoms with Crippen molar-refractivity contribution in [2.75, 3.05) is 13.1 Å². The Morgan fingerprint density at radius 1 is 1.20 bits per heavy atom. The van der Waals surface area contributed by atoms with Crippen LogP contribution in [0.4, 0.5) is 4.79 Å². The van der Waals surface area contributed by atoms with Crippen LogP contribution >= 0.6 is 0 Å². The van der Waals surface area contributed by atoms with Crippen molar-refractivity contribution in [2.24, 2.45) is 5.92 Å². The van der Waals surface area contributed by atoms with E-state index in [1.165, 1.54) is 12.8 Å². The van der Waals surface area contributed by atoms with Crippen molar-refractivity contribution < 1.29 is 14.3 Å². The van der Waals surface area contributed by atoms with Gasteiger partial charge in [0, 0.05) is 19.5 Å². The molecule has 0 aromatic rings. The summed E-state index contributed by atoms with van der Waals surface area (Å²) in [6, 6.07) is 0. The molecule has 1 saturated heterocycles. The average Bonchev–Trinajstić information content (AvgIpc) is 2.37. The van der Waals surface area contributed by atoms with Crippen LogP contribution in [0.15, 0.2) is 0 Å². The SMILES string of the molecule is CC(C)(C)OC(=O)N1CCC(CCCCCC=O)CC1. The van der Waals surface area contributed by atoms with Gasteiger partial charge in [0.05, 0.1) is 0 Å². The lowest BCUT2D eigenvalue weighted by atomic mass is 9.91. The van der Waals surface area contributed by atoms with Gasteiger partial charge in [0.2, 0.25) is 0 Å². The second-order valence-electron chi connectivity index (χ2n) is 6.72. The molecule has 116 valence electrons. The first-order valence-corrected chi connectivity index (χ1v) is 7.84. The van der Waals surface area contributed by atoms with Crippen LogP contribution in [0.1, 0.15) is 65.7 Å². The van der Waals surface area contributed by atoms with Crippen LogP contribution in [0, 0.1) is 5.92 Å². The van der Waals surface area contributed by atoms with Gasteiger partial charge in [-0.25, -0.2) is 4.79 Å². The molecule has 0 bridgehead atoms. The summed E-state index contributed by atoms with van der Waals surface area (Å²) in [7, 11) is 0. The number of piperidine rings is 1. The molecule has 0 radical (unpaired) electrons. The lowest BCUT2D eigenvalue weighted by Crippen LogP contribution is -2.41. The number of hydrogen-bond acceptors (Lipinski definition) is 3. The van der Waals surface area contributed by atoms with Crippen LogP contribution < -0.4 is 0 Å². The van der Waals surface area contributed by atoms with E-state index in [1.807, 2.05) is 25.7 Å². The van der Waals surface area contributed by atoms with E-state index in [1.54, 1.807) is 0 Å². The fraction of sp³-hybridized carbons (Fsp3) is 0.875. The second-order valence-corrected chi connectivity index (χ2v) is 6.72. The number of amides is 1. The number of ether oxygens (including phenoxy) is 1. The largest absolute Gasteiger partial charge is 0.444 e.